The molecule has 1 aliphatic heterocycles. The fraction of sp³-hybridized carbons (Fsp3) is 0.500. The molecule has 0 spiro atoms. The molecule has 1 unspecified atom stereocenters. The minimum Gasteiger partial charge on any atom is -0.387 e. The van der Waals surface area contributed by atoms with E-state index in [1.807, 2.05) is 0 Å². The number of halogens is 1. The summed E-state index contributed by atoms with van der Waals surface area (Å²) in [4.78, 5) is 25.6. The van der Waals surface area contributed by atoms with E-state index in [0.29, 0.717) is 0 Å². The van der Waals surface area contributed by atoms with Crippen molar-refractivity contribution in [2.24, 2.45) is 0 Å². The maximum Gasteiger partial charge on any atom is 0.351 e. The number of amides is 1. The molecule has 0 bridgehead atoms. The van der Waals surface area contributed by atoms with Crippen LogP contribution in [0.25, 0.3) is 0 Å². The molecule has 1 amide bonds. The second-order valence-electron chi connectivity index (χ2n) is 4.34. The van der Waals surface area contributed by atoms with Gasteiger partial charge in [-0.1, -0.05) is 0 Å². The van der Waals surface area contributed by atoms with Gasteiger partial charge in [0.25, 0.3) is 0 Å². The minimum absolute atomic E-state index is 0.0425. The quantitative estimate of drug-likeness (QED) is 0.376. The number of alkyl halides is 1. The number of nitrogen functional groups attached to an aromatic ring is 1. The Morgan fingerprint density at radius 1 is 1.52 bits per heavy atom. The van der Waals surface area contributed by atoms with Crippen molar-refractivity contribution in [3.05, 3.63) is 16.7 Å². The van der Waals surface area contributed by atoms with Gasteiger partial charge in [-0.15, -0.1) is 0 Å². The van der Waals surface area contributed by atoms with Crippen molar-refractivity contribution >= 4 is 17.9 Å². The molecule has 0 aromatic carbocycles. The number of carbonyl (C=O) groups excluding carboxylic acids is 1. The zero-order chi connectivity index (χ0) is 15.7. The summed E-state index contributed by atoms with van der Waals surface area (Å²) in [6, 6.07) is 0. The Kier molecular flexibility index (Phi) is 4.18. The average Bonchev–Trinajstić information content (AvgIpc) is 2.70. The molecule has 0 aliphatic carbocycles. The molecule has 21 heavy (non-hydrogen) atoms. The number of hydrogen-bond donors (Lipinski definition) is 5. The van der Waals surface area contributed by atoms with Gasteiger partial charge in [0, 0.05) is 6.20 Å². The van der Waals surface area contributed by atoms with Crippen molar-refractivity contribution in [2.75, 3.05) is 11.1 Å². The third kappa shape index (κ3) is 2.71. The van der Waals surface area contributed by atoms with Gasteiger partial charge in [-0.2, -0.15) is 4.98 Å². The van der Waals surface area contributed by atoms with Crippen LogP contribution in [0, 0.1) is 0 Å². The number of anilines is 2. The summed E-state index contributed by atoms with van der Waals surface area (Å²) < 4.78 is 18.5. The Balaban J connectivity index is 2.40. The van der Waals surface area contributed by atoms with E-state index in [4.69, 9.17) is 15.6 Å². The molecule has 5 atom stereocenters. The molecule has 1 aromatic heterocycles. The summed E-state index contributed by atoms with van der Waals surface area (Å²) in [5.74, 6) is -0.265. The van der Waals surface area contributed by atoms with E-state index in [2.05, 4.69) is 10.3 Å². The molecule has 1 saturated heterocycles. The molecule has 0 radical (unpaired) electrons. The lowest BCUT2D eigenvalue weighted by atomic mass is 10.1. The third-order valence-corrected chi connectivity index (χ3v) is 3.02. The molecule has 6 N–H and O–H groups in total. The van der Waals surface area contributed by atoms with Gasteiger partial charge in [-0.25, -0.2) is 9.18 Å². The van der Waals surface area contributed by atoms with Gasteiger partial charge < -0.3 is 31.1 Å². The first kappa shape index (κ1) is 15.3. The fourth-order valence-electron chi connectivity index (χ4n) is 1.98. The number of aliphatic hydroxyl groups excluding tert-OH is 3. The normalized spacial score (nSPS) is 30.1. The molecule has 1 aliphatic rings. The molecule has 1 aromatic rings. The van der Waals surface area contributed by atoms with Gasteiger partial charge in [0.05, 0.1) is 0 Å². The predicted molar refractivity (Wildman–Crippen MR) is 65.6 cm³/mol. The van der Waals surface area contributed by atoms with Crippen LogP contribution in [0.4, 0.5) is 15.9 Å². The highest BCUT2D eigenvalue weighted by atomic mass is 19.1. The average molecular weight is 304 g/mol. The van der Waals surface area contributed by atoms with E-state index in [1.165, 1.54) is 0 Å². The monoisotopic (exact) mass is 304 g/mol. The van der Waals surface area contributed by atoms with Gasteiger partial charge in [-0.05, 0) is 0 Å². The first-order valence-corrected chi connectivity index (χ1v) is 5.79. The van der Waals surface area contributed by atoms with Crippen molar-refractivity contribution in [3.63, 3.8) is 0 Å². The number of aromatic nitrogens is 2. The molecule has 10 nitrogen and oxygen atoms in total. The third-order valence-electron chi connectivity index (χ3n) is 3.02. The lowest BCUT2D eigenvalue weighted by molar-refractivity contribution is -0.131. The summed E-state index contributed by atoms with van der Waals surface area (Å²) >= 11 is 0. The van der Waals surface area contributed by atoms with Gasteiger partial charge in [0.2, 0.25) is 12.8 Å². The summed E-state index contributed by atoms with van der Waals surface area (Å²) in [5.41, 5.74) is 4.42. The van der Waals surface area contributed by atoms with Crippen LogP contribution in [0.5, 0.6) is 0 Å². The standard InChI is InChI=1S/C10H13FN4O6/c11-7(19)6-4(17)5(18)9(21-6)15-1-3(13-2-16)8(12)14-10(15)20/h1-2,4-7,9,17-19H,(H,13,16)(H2,12,14,20)/t4-,5+,6-,7?,9+/m0/s1. The second kappa shape index (κ2) is 5.73. The number of carbonyl (C=O) groups is 1. The highest BCUT2D eigenvalue weighted by molar-refractivity contribution is 5.76. The van der Waals surface area contributed by atoms with Gasteiger partial charge in [0.1, 0.15) is 24.0 Å². The first-order valence-electron chi connectivity index (χ1n) is 5.79. The summed E-state index contributed by atoms with van der Waals surface area (Å²) in [6.07, 6.45) is -7.90. The lowest BCUT2D eigenvalue weighted by Gasteiger charge is -2.18. The smallest absolute Gasteiger partial charge is 0.351 e. The number of nitrogens with one attached hydrogen (secondary N) is 1. The number of ether oxygens (including phenoxy) is 1. The zero-order valence-corrected chi connectivity index (χ0v) is 10.5. The highest BCUT2D eigenvalue weighted by Gasteiger charge is 2.47. The Morgan fingerprint density at radius 3 is 2.71 bits per heavy atom. The second-order valence-corrected chi connectivity index (χ2v) is 4.34. The van der Waals surface area contributed by atoms with Crippen molar-refractivity contribution < 1.29 is 29.2 Å². The highest BCUT2D eigenvalue weighted by Crippen LogP contribution is 2.31. The number of aliphatic hydroxyl groups is 3. The van der Waals surface area contributed by atoms with E-state index >= 15 is 0 Å². The van der Waals surface area contributed by atoms with E-state index < -0.39 is 36.6 Å². The molecular formula is C10H13FN4O6. The lowest BCUT2D eigenvalue weighted by Crippen LogP contribution is -2.37. The fourth-order valence-corrected chi connectivity index (χ4v) is 1.98. The largest absolute Gasteiger partial charge is 0.387 e. The SMILES string of the molecule is Nc1nc(=O)n([C@@H]2O[C@H](C(O)F)[C@@H](O)[C@H]2O)cc1NC=O. The predicted octanol–water partition coefficient (Wildman–Crippen LogP) is -2.70. The Labute approximate surface area is 116 Å². The van der Waals surface area contributed by atoms with Crippen LogP contribution < -0.4 is 16.7 Å². The number of rotatable bonds is 4. The van der Waals surface area contributed by atoms with Crippen LogP contribution in [0.2, 0.25) is 0 Å². The van der Waals surface area contributed by atoms with Crippen molar-refractivity contribution in [2.45, 2.75) is 30.9 Å². The van der Waals surface area contributed by atoms with E-state index in [9.17, 15) is 24.2 Å². The van der Waals surface area contributed by atoms with Crippen LogP contribution in [0.1, 0.15) is 6.23 Å². The number of nitrogens with two attached hydrogens (primary N) is 1. The maximum absolute atomic E-state index is 12.9. The minimum atomic E-state index is -2.55. The van der Waals surface area contributed by atoms with Crippen LogP contribution in [0.3, 0.4) is 0 Å². The van der Waals surface area contributed by atoms with Crippen LogP contribution >= 0.6 is 0 Å². The summed E-state index contributed by atoms with van der Waals surface area (Å²) in [6.45, 7) is 0. The number of hydrogen-bond acceptors (Lipinski definition) is 8. The van der Waals surface area contributed by atoms with Crippen LogP contribution in [0.15, 0.2) is 11.0 Å². The number of nitrogens with zero attached hydrogens (tertiary/aromatic N) is 2. The van der Waals surface area contributed by atoms with Crippen molar-refractivity contribution in [1.29, 1.82) is 0 Å². The molecule has 116 valence electrons. The maximum atomic E-state index is 12.9. The van der Waals surface area contributed by atoms with Crippen LogP contribution in [-0.4, -0.2) is 56.0 Å². The molecule has 2 rings (SSSR count). The first-order chi connectivity index (χ1) is 9.86. The van der Waals surface area contributed by atoms with Gasteiger partial charge in [-0.3, -0.25) is 9.36 Å². The molecule has 11 heteroatoms. The van der Waals surface area contributed by atoms with Crippen molar-refractivity contribution in [1.82, 2.24) is 9.55 Å². The Bertz CT molecular complexity index is 593. The zero-order valence-electron chi connectivity index (χ0n) is 10.5. The van der Waals surface area contributed by atoms with Crippen molar-refractivity contribution in [3.8, 4) is 0 Å². The molecule has 0 saturated carbocycles. The van der Waals surface area contributed by atoms with Gasteiger partial charge in [0.15, 0.2) is 12.0 Å². The topological polar surface area (TPSA) is 160 Å². The van der Waals surface area contributed by atoms with E-state index in [0.717, 1.165) is 10.8 Å². The Hall–Kier alpha value is -2.08. The van der Waals surface area contributed by atoms with E-state index in [-0.39, 0.29) is 17.9 Å². The molecule has 1 fully saturated rings. The van der Waals surface area contributed by atoms with Crippen LogP contribution in [-0.2, 0) is 9.53 Å². The van der Waals surface area contributed by atoms with E-state index in [1.54, 1.807) is 0 Å². The molecular weight excluding hydrogens is 291 g/mol. The Morgan fingerprint density at radius 2 is 2.19 bits per heavy atom. The summed E-state index contributed by atoms with van der Waals surface area (Å²) in [5, 5.41) is 30.3. The van der Waals surface area contributed by atoms with Gasteiger partial charge >= 0.3 is 5.69 Å². The molecule has 2 heterocycles. The summed E-state index contributed by atoms with van der Waals surface area (Å²) in [7, 11) is 0.